The molecule has 1 fully saturated rings. The second-order valence-corrected chi connectivity index (χ2v) is 9.05. The minimum absolute atomic E-state index is 0.0721. The van der Waals surface area contributed by atoms with Gasteiger partial charge in [-0.25, -0.2) is 4.98 Å². The second-order valence-electron chi connectivity index (χ2n) is 9.05. The number of aryl methyl sites for hydroxylation is 3. The summed E-state index contributed by atoms with van der Waals surface area (Å²) in [7, 11) is 0. The Morgan fingerprint density at radius 1 is 1.03 bits per heavy atom. The van der Waals surface area contributed by atoms with Gasteiger partial charge in [-0.15, -0.1) is 0 Å². The number of hydrogen-bond donors (Lipinski definition) is 0. The van der Waals surface area contributed by atoms with Gasteiger partial charge in [0.15, 0.2) is 0 Å². The number of para-hydroxylation sites is 2. The van der Waals surface area contributed by atoms with Crippen molar-refractivity contribution >= 4 is 22.6 Å². The first kappa shape index (κ1) is 22.2. The van der Waals surface area contributed by atoms with Crippen molar-refractivity contribution in [3.8, 4) is 5.75 Å². The van der Waals surface area contributed by atoms with Crippen LogP contribution in [0, 0.1) is 6.92 Å². The van der Waals surface area contributed by atoms with E-state index in [1.54, 1.807) is 0 Å². The summed E-state index contributed by atoms with van der Waals surface area (Å²) in [5.74, 6) is 2.14. The topological polar surface area (TPSA) is 47.4 Å². The van der Waals surface area contributed by atoms with Crippen molar-refractivity contribution in [1.82, 2.24) is 9.55 Å². The van der Waals surface area contributed by atoms with Crippen LogP contribution in [0.5, 0.6) is 5.75 Å². The fourth-order valence-electron chi connectivity index (χ4n) is 4.80. The molecule has 2 heterocycles. The number of carbonyl (C=O) groups is 1. The molecule has 5 nitrogen and oxygen atoms in total. The normalized spacial score (nSPS) is 15.9. The highest BCUT2D eigenvalue weighted by Gasteiger charge is 2.34. The smallest absolute Gasteiger partial charge is 0.227 e. The molecule has 3 aromatic carbocycles. The fourth-order valence-corrected chi connectivity index (χ4v) is 4.80. The van der Waals surface area contributed by atoms with Crippen LogP contribution in [0.15, 0.2) is 72.8 Å². The fraction of sp³-hybridized carbons (Fsp3) is 0.310. The molecule has 0 spiro atoms. The number of anilines is 1. The van der Waals surface area contributed by atoms with Gasteiger partial charge in [0, 0.05) is 31.1 Å². The van der Waals surface area contributed by atoms with Gasteiger partial charge in [0.2, 0.25) is 5.91 Å². The van der Waals surface area contributed by atoms with Gasteiger partial charge in [-0.3, -0.25) is 4.79 Å². The Hall–Kier alpha value is -3.60. The summed E-state index contributed by atoms with van der Waals surface area (Å²) in [4.78, 5) is 19.8. The number of ether oxygens (including phenoxy) is 1. The van der Waals surface area contributed by atoms with Crippen LogP contribution in [0.3, 0.4) is 0 Å². The van der Waals surface area contributed by atoms with Gasteiger partial charge in [0.05, 0.1) is 17.6 Å². The minimum Gasteiger partial charge on any atom is -0.494 e. The van der Waals surface area contributed by atoms with E-state index in [1.165, 1.54) is 5.56 Å². The number of benzene rings is 3. The van der Waals surface area contributed by atoms with Crippen molar-refractivity contribution in [3.63, 3.8) is 0 Å². The summed E-state index contributed by atoms with van der Waals surface area (Å²) in [5.41, 5.74) is 5.54. The molecule has 5 rings (SSSR count). The summed E-state index contributed by atoms with van der Waals surface area (Å²) in [5, 5.41) is 0. The third-order valence-electron chi connectivity index (χ3n) is 6.61. The Kier molecular flexibility index (Phi) is 6.35. The maximum absolute atomic E-state index is 12.9. The average molecular weight is 454 g/mol. The second kappa shape index (κ2) is 9.72. The van der Waals surface area contributed by atoms with Crippen molar-refractivity contribution < 1.29 is 9.53 Å². The lowest BCUT2D eigenvalue weighted by Crippen LogP contribution is -2.24. The van der Waals surface area contributed by atoms with E-state index in [4.69, 9.17) is 9.72 Å². The van der Waals surface area contributed by atoms with Crippen LogP contribution in [0.1, 0.15) is 42.6 Å². The van der Waals surface area contributed by atoms with Crippen molar-refractivity contribution in [3.05, 3.63) is 89.7 Å². The lowest BCUT2D eigenvalue weighted by atomic mass is 10.1. The Bertz CT molecular complexity index is 1290. The maximum atomic E-state index is 12.9. The Morgan fingerprint density at radius 3 is 2.65 bits per heavy atom. The minimum atomic E-state index is 0.0721. The van der Waals surface area contributed by atoms with Crippen LogP contribution in [0.25, 0.3) is 11.0 Å². The van der Waals surface area contributed by atoms with E-state index in [1.807, 2.05) is 35.2 Å². The summed E-state index contributed by atoms with van der Waals surface area (Å²) < 4.78 is 8.28. The molecule has 0 radical (unpaired) electrons. The Morgan fingerprint density at radius 2 is 1.85 bits per heavy atom. The van der Waals surface area contributed by atoms with Crippen LogP contribution in [-0.4, -0.2) is 28.6 Å². The van der Waals surface area contributed by atoms with E-state index in [-0.39, 0.29) is 11.8 Å². The molecule has 5 heteroatoms. The summed E-state index contributed by atoms with van der Waals surface area (Å²) >= 11 is 0. The molecule has 0 N–H and O–H groups in total. The molecule has 1 atom stereocenters. The molecule has 0 saturated carbocycles. The number of hydrogen-bond acceptors (Lipinski definition) is 3. The van der Waals surface area contributed by atoms with E-state index < -0.39 is 0 Å². The lowest BCUT2D eigenvalue weighted by Gasteiger charge is -2.18. The number of nitrogens with zero attached hydrogens (tertiary/aromatic N) is 3. The van der Waals surface area contributed by atoms with E-state index >= 15 is 0 Å². The third-order valence-corrected chi connectivity index (χ3v) is 6.61. The molecular weight excluding hydrogens is 422 g/mol. The van der Waals surface area contributed by atoms with Crippen molar-refractivity contribution in [2.24, 2.45) is 0 Å². The molecule has 34 heavy (non-hydrogen) atoms. The van der Waals surface area contributed by atoms with Crippen LogP contribution in [0.2, 0.25) is 0 Å². The zero-order chi connectivity index (χ0) is 23.5. The highest BCUT2D eigenvalue weighted by atomic mass is 16.5. The van der Waals surface area contributed by atoms with Crippen molar-refractivity contribution in [1.29, 1.82) is 0 Å². The quantitative estimate of drug-likeness (QED) is 0.312. The molecule has 1 unspecified atom stereocenters. The monoisotopic (exact) mass is 453 g/mol. The molecule has 1 aliphatic heterocycles. The zero-order valence-electron chi connectivity index (χ0n) is 19.9. The van der Waals surface area contributed by atoms with Crippen LogP contribution in [0.4, 0.5) is 5.69 Å². The van der Waals surface area contributed by atoms with Gasteiger partial charge in [0.1, 0.15) is 11.6 Å². The van der Waals surface area contributed by atoms with Crippen LogP contribution >= 0.6 is 0 Å². The third kappa shape index (κ3) is 4.56. The summed E-state index contributed by atoms with van der Waals surface area (Å²) in [6, 6.07) is 24.7. The summed E-state index contributed by atoms with van der Waals surface area (Å²) in [6.07, 6.45) is 2.38. The van der Waals surface area contributed by atoms with Crippen LogP contribution in [-0.2, 0) is 17.8 Å². The van der Waals surface area contributed by atoms with E-state index in [2.05, 4.69) is 60.9 Å². The molecule has 174 valence electrons. The SMILES string of the molecule is CCc1ccc(OCCCn2c(C3CC(=O)N(c4cccc(C)c4)C3)nc3ccccc32)cc1. The summed E-state index contributed by atoms with van der Waals surface area (Å²) in [6.45, 7) is 6.31. The molecule has 1 aromatic heterocycles. The Balaban J connectivity index is 1.32. The highest BCUT2D eigenvalue weighted by Crippen LogP contribution is 2.33. The molecule has 1 amide bonds. The van der Waals surface area contributed by atoms with E-state index in [0.29, 0.717) is 19.6 Å². The van der Waals surface area contributed by atoms with Crippen LogP contribution < -0.4 is 9.64 Å². The first-order valence-corrected chi connectivity index (χ1v) is 12.2. The predicted octanol–water partition coefficient (Wildman–Crippen LogP) is 5.90. The molecule has 4 aromatic rings. The van der Waals surface area contributed by atoms with E-state index in [9.17, 15) is 4.79 Å². The number of aromatic nitrogens is 2. The largest absolute Gasteiger partial charge is 0.494 e. The van der Waals surface area contributed by atoms with Gasteiger partial charge in [-0.2, -0.15) is 0 Å². The average Bonchev–Trinajstić information content (AvgIpc) is 3.42. The number of rotatable bonds is 8. The molecule has 0 bridgehead atoms. The van der Waals surface area contributed by atoms with Crippen molar-refractivity contribution in [2.45, 2.75) is 45.6 Å². The zero-order valence-corrected chi connectivity index (χ0v) is 19.9. The van der Waals surface area contributed by atoms with Gasteiger partial charge >= 0.3 is 0 Å². The van der Waals surface area contributed by atoms with Crippen molar-refractivity contribution in [2.75, 3.05) is 18.1 Å². The maximum Gasteiger partial charge on any atom is 0.227 e. The molecule has 1 saturated heterocycles. The molecule has 0 aliphatic carbocycles. The van der Waals surface area contributed by atoms with E-state index in [0.717, 1.165) is 53.2 Å². The highest BCUT2D eigenvalue weighted by molar-refractivity contribution is 5.96. The standard InChI is InChI=1S/C29H31N3O2/c1-3-22-12-14-25(15-13-22)34-17-7-16-31-27-11-5-4-10-26(27)30-29(31)23-19-28(33)32(20-23)24-9-6-8-21(2)18-24/h4-6,8-15,18,23H,3,7,16-17,19-20H2,1-2H3. The Labute approximate surface area is 201 Å². The number of carbonyl (C=O) groups excluding carboxylic acids is 1. The van der Waals surface area contributed by atoms with Gasteiger partial charge in [-0.05, 0) is 67.3 Å². The predicted molar refractivity (Wildman–Crippen MR) is 137 cm³/mol. The van der Waals surface area contributed by atoms with Gasteiger partial charge in [0.25, 0.3) is 0 Å². The first-order chi connectivity index (χ1) is 16.6. The van der Waals surface area contributed by atoms with Gasteiger partial charge in [-0.1, -0.05) is 43.3 Å². The number of fused-ring (bicyclic) bond motifs is 1. The number of amides is 1. The molecular formula is C29H31N3O2. The molecule has 1 aliphatic rings. The number of imidazole rings is 1. The van der Waals surface area contributed by atoms with Gasteiger partial charge < -0.3 is 14.2 Å². The lowest BCUT2D eigenvalue weighted by molar-refractivity contribution is -0.117. The first-order valence-electron chi connectivity index (χ1n) is 12.2.